The summed E-state index contributed by atoms with van der Waals surface area (Å²) in [4.78, 5) is 0. The van der Waals surface area contributed by atoms with E-state index in [0.29, 0.717) is 0 Å². The monoisotopic (exact) mass is 464 g/mol. The van der Waals surface area contributed by atoms with Crippen molar-refractivity contribution < 1.29 is 8.85 Å². The van der Waals surface area contributed by atoms with E-state index in [-0.39, 0.29) is 5.60 Å². The molecule has 3 aromatic rings. The van der Waals surface area contributed by atoms with Crippen molar-refractivity contribution in [3.63, 3.8) is 0 Å². The standard InChI is InChI=1S/C19H26OSi.C9H14OSi/c1-5-11-16-12-9-10-15-18(16)21(20-19(2,3)4)17-13-7-6-8-14-17;1-10-11(2,3)9-7-5-4-6-8-9/h6-10,12-15,21H,5,11H2,1-4H3;4-8H,1-3H3. The molecule has 0 aliphatic heterocycles. The van der Waals surface area contributed by atoms with Crippen molar-refractivity contribution in [2.45, 2.75) is 59.2 Å². The van der Waals surface area contributed by atoms with Gasteiger partial charge in [-0.15, -0.1) is 0 Å². The van der Waals surface area contributed by atoms with E-state index in [0.717, 1.165) is 6.42 Å². The van der Waals surface area contributed by atoms with E-state index in [4.69, 9.17) is 8.85 Å². The van der Waals surface area contributed by atoms with Gasteiger partial charge in [-0.3, -0.25) is 0 Å². The fourth-order valence-corrected chi connectivity index (χ4v) is 7.53. The molecule has 0 amide bonds. The van der Waals surface area contributed by atoms with Crippen LogP contribution in [0.4, 0.5) is 0 Å². The van der Waals surface area contributed by atoms with Crippen LogP contribution in [-0.2, 0) is 15.3 Å². The van der Waals surface area contributed by atoms with Crippen LogP contribution < -0.4 is 15.6 Å². The molecule has 0 spiro atoms. The van der Waals surface area contributed by atoms with Crippen LogP contribution in [-0.4, -0.2) is 30.1 Å². The molecule has 0 N–H and O–H groups in total. The zero-order valence-electron chi connectivity index (χ0n) is 20.9. The van der Waals surface area contributed by atoms with Gasteiger partial charge in [0.25, 0.3) is 0 Å². The summed E-state index contributed by atoms with van der Waals surface area (Å²) >= 11 is 0. The van der Waals surface area contributed by atoms with Gasteiger partial charge in [-0.05, 0) is 61.4 Å². The van der Waals surface area contributed by atoms with E-state index in [9.17, 15) is 0 Å². The van der Waals surface area contributed by atoms with Gasteiger partial charge in [-0.1, -0.05) is 98.3 Å². The molecule has 32 heavy (non-hydrogen) atoms. The molecule has 2 nitrogen and oxygen atoms in total. The summed E-state index contributed by atoms with van der Waals surface area (Å²) in [5.41, 5.74) is 1.33. The highest BCUT2D eigenvalue weighted by Gasteiger charge is 2.26. The zero-order valence-corrected chi connectivity index (χ0v) is 23.0. The maximum Gasteiger partial charge on any atom is 0.240 e. The first-order valence-electron chi connectivity index (χ1n) is 11.6. The van der Waals surface area contributed by atoms with Crippen LogP contribution in [0.5, 0.6) is 0 Å². The molecule has 0 fully saturated rings. The Balaban J connectivity index is 0.000000278. The molecule has 0 saturated carbocycles. The summed E-state index contributed by atoms with van der Waals surface area (Å²) in [6, 6.07) is 30.0. The second-order valence-corrected chi connectivity index (χ2v) is 15.8. The van der Waals surface area contributed by atoms with E-state index in [1.807, 2.05) is 6.07 Å². The van der Waals surface area contributed by atoms with Crippen molar-refractivity contribution >= 4 is 32.9 Å². The van der Waals surface area contributed by atoms with Gasteiger partial charge in [-0.25, -0.2) is 0 Å². The Bertz CT molecular complexity index is 919. The summed E-state index contributed by atoms with van der Waals surface area (Å²) in [5.74, 6) is 0. The van der Waals surface area contributed by atoms with Crippen LogP contribution in [0, 0.1) is 0 Å². The van der Waals surface area contributed by atoms with Gasteiger partial charge in [0.1, 0.15) is 0 Å². The normalized spacial score (nSPS) is 12.6. The van der Waals surface area contributed by atoms with Crippen LogP contribution in [0.3, 0.4) is 0 Å². The van der Waals surface area contributed by atoms with Crippen molar-refractivity contribution in [3.05, 3.63) is 90.5 Å². The lowest BCUT2D eigenvalue weighted by Crippen LogP contribution is -2.50. The number of benzene rings is 3. The maximum absolute atomic E-state index is 6.54. The molecule has 172 valence electrons. The summed E-state index contributed by atoms with van der Waals surface area (Å²) in [5, 5.41) is 4.14. The van der Waals surface area contributed by atoms with Crippen molar-refractivity contribution in [2.75, 3.05) is 7.11 Å². The highest BCUT2D eigenvalue weighted by atomic mass is 28.4. The van der Waals surface area contributed by atoms with Crippen LogP contribution in [0.15, 0.2) is 84.9 Å². The molecule has 1 atom stereocenters. The van der Waals surface area contributed by atoms with E-state index in [1.165, 1.54) is 27.5 Å². The van der Waals surface area contributed by atoms with E-state index in [1.54, 1.807) is 7.11 Å². The Labute approximate surface area is 198 Å². The lowest BCUT2D eigenvalue weighted by Gasteiger charge is -2.29. The quantitative estimate of drug-likeness (QED) is 0.456. The average Bonchev–Trinajstić information content (AvgIpc) is 2.79. The minimum absolute atomic E-state index is 0.119. The minimum Gasteiger partial charge on any atom is -0.416 e. The third kappa shape index (κ3) is 8.17. The Morgan fingerprint density at radius 1 is 0.781 bits per heavy atom. The summed E-state index contributed by atoms with van der Waals surface area (Å²) in [6.07, 6.45) is 2.29. The van der Waals surface area contributed by atoms with Crippen LogP contribution >= 0.6 is 0 Å². The SMILES string of the molecule is CCCc1ccccc1[SiH](OC(C)(C)C)c1ccccc1.CO[Si](C)(C)c1ccccc1. The van der Waals surface area contributed by atoms with Crippen molar-refractivity contribution in [3.8, 4) is 0 Å². The van der Waals surface area contributed by atoms with Crippen molar-refractivity contribution in [2.24, 2.45) is 0 Å². The first-order chi connectivity index (χ1) is 15.2. The van der Waals surface area contributed by atoms with Gasteiger partial charge in [0.2, 0.25) is 17.4 Å². The average molecular weight is 465 g/mol. The van der Waals surface area contributed by atoms with Gasteiger partial charge in [0.05, 0.1) is 0 Å². The largest absolute Gasteiger partial charge is 0.416 e. The van der Waals surface area contributed by atoms with E-state index < -0.39 is 17.4 Å². The second kappa shape index (κ2) is 12.3. The molecule has 1 unspecified atom stereocenters. The molecule has 3 aromatic carbocycles. The zero-order chi connectivity index (χ0) is 23.6. The first kappa shape index (κ1) is 26.3. The predicted molar refractivity (Wildman–Crippen MR) is 145 cm³/mol. The second-order valence-electron chi connectivity index (χ2n) is 9.55. The highest BCUT2D eigenvalue weighted by molar-refractivity contribution is 6.84. The Morgan fingerprint density at radius 3 is 1.84 bits per heavy atom. The van der Waals surface area contributed by atoms with Gasteiger partial charge in [-0.2, -0.15) is 0 Å². The van der Waals surface area contributed by atoms with Gasteiger partial charge >= 0.3 is 0 Å². The van der Waals surface area contributed by atoms with Crippen LogP contribution in [0.25, 0.3) is 0 Å². The number of hydrogen-bond acceptors (Lipinski definition) is 2. The maximum atomic E-state index is 6.54. The van der Waals surface area contributed by atoms with E-state index >= 15 is 0 Å². The number of aryl methyl sites for hydroxylation is 1. The molecule has 0 heterocycles. The predicted octanol–water partition coefficient (Wildman–Crippen LogP) is 5.04. The minimum atomic E-state index is -1.65. The lowest BCUT2D eigenvalue weighted by atomic mass is 10.1. The van der Waals surface area contributed by atoms with Crippen LogP contribution in [0.1, 0.15) is 39.7 Å². The Morgan fingerprint density at radius 2 is 1.31 bits per heavy atom. The van der Waals surface area contributed by atoms with Gasteiger partial charge in [0.15, 0.2) is 0 Å². The molecule has 0 saturated heterocycles. The van der Waals surface area contributed by atoms with Crippen molar-refractivity contribution in [1.82, 2.24) is 0 Å². The summed E-state index contributed by atoms with van der Waals surface area (Å²) in [7, 11) is -1.41. The summed E-state index contributed by atoms with van der Waals surface area (Å²) < 4.78 is 12.0. The Hall–Kier alpha value is -1.99. The molecule has 0 aliphatic carbocycles. The molecule has 3 rings (SSSR count). The highest BCUT2D eigenvalue weighted by Crippen LogP contribution is 2.12. The molecule has 0 bridgehead atoms. The number of rotatable bonds is 7. The molecular weight excluding hydrogens is 424 g/mol. The molecule has 4 heteroatoms. The first-order valence-corrected chi connectivity index (χ1v) is 16.1. The third-order valence-corrected chi connectivity index (χ3v) is 11.2. The topological polar surface area (TPSA) is 18.5 Å². The smallest absolute Gasteiger partial charge is 0.240 e. The fourth-order valence-electron chi connectivity index (χ4n) is 3.54. The molecule has 0 aromatic heterocycles. The van der Waals surface area contributed by atoms with Gasteiger partial charge < -0.3 is 8.85 Å². The summed E-state index contributed by atoms with van der Waals surface area (Å²) in [6.45, 7) is 13.1. The molecule has 0 aliphatic rings. The van der Waals surface area contributed by atoms with Gasteiger partial charge in [0, 0.05) is 12.7 Å². The molecular formula is C28H40O2Si2. The van der Waals surface area contributed by atoms with Crippen LogP contribution in [0.2, 0.25) is 13.1 Å². The lowest BCUT2D eigenvalue weighted by molar-refractivity contribution is 0.136. The molecule has 0 radical (unpaired) electrons. The third-order valence-electron chi connectivity index (χ3n) is 5.41. The fraction of sp³-hybridized carbons (Fsp3) is 0.357. The number of hydrogen-bond donors (Lipinski definition) is 0. The van der Waals surface area contributed by atoms with Crippen molar-refractivity contribution in [1.29, 1.82) is 0 Å². The van der Waals surface area contributed by atoms with E-state index in [2.05, 4.69) is 120 Å². The Kier molecular flexibility index (Phi) is 10.1.